The van der Waals surface area contributed by atoms with E-state index in [2.05, 4.69) is 41.8 Å². The Morgan fingerprint density at radius 1 is 1.32 bits per heavy atom. The van der Waals surface area contributed by atoms with Gasteiger partial charge in [-0.3, -0.25) is 4.79 Å². The average molecular weight is 260 g/mol. The Bertz CT molecular complexity index is 394. The molecule has 0 aliphatic carbocycles. The maximum Gasteiger partial charge on any atom is 0.220 e. The minimum atomic E-state index is 0.173. The van der Waals surface area contributed by atoms with Gasteiger partial charge in [0, 0.05) is 13.0 Å². The number of aryl methyl sites for hydroxylation is 1. The van der Waals surface area contributed by atoms with Gasteiger partial charge in [0.1, 0.15) is 0 Å². The molecule has 1 saturated heterocycles. The van der Waals surface area contributed by atoms with Crippen LogP contribution in [0.2, 0.25) is 0 Å². The molecule has 1 aromatic rings. The van der Waals surface area contributed by atoms with Crippen LogP contribution < -0.4 is 10.6 Å². The second kappa shape index (κ2) is 7.29. The summed E-state index contributed by atoms with van der Waals surface area (Å²) in [5.74, 6) is 0.862. The van der Waals surface area contributed by atoms with Gasteiger partial charge >= 0.3 is 0 Å². The topological polar surface area (TPSA) is 41.1 Å². The summed E-state index contributed by atoms with van der Waals surface area (Å²) in [5, 5.41) is 6.33. The van der Waals surface area contributed by atoms with E-state index in [9.17, 15) is 4.79 Å². The molecule has 19 heavy (non-hydrogen) atoms. The zero-order valence-corrected chi connectivity index (χ0v) is 11.7. The number of rotatable bonds is 6. The summed E-state index contributed by atoms with van der Waals surface area (Å²) in [6.45, 7) is 4.97. The van der Waals surface area contributed by atoms with E-state index in [1.807, 2.05) is 0 Å². The highest BCUT2D eigenvalue weighted by atomic mass is 16.1. The van der Waals surface area contributed by atoms with Crippen molar-refractivity contribution in [1.82, 2.24) is 10.6 Å². The Morgan fingerprint density at radius 2 is 2.05 bits per heavy atom. The lowest BCUT2D eigenvalue weighted by molar-refractivity contribution is -0.121. The Morgan fingerprint density at radius 3 is 2.68 bits per heavy atom. The molecular weight excluding hydrogens is 236 g/mol. The predicted octanol–water partition coefficient (Wildman–Crippen LogP) is 2.25. The van der Waals surface area contributed by atoms with Crippen LogP contribution in [-0.2, 0) is 17.8 Å². The summed E-state index contributed by atoms with van der Waals surface area (Å²) in [5.41, 5.74) is 2.51. The van der Waals surface area contributed by atoms with E-state index < -0.39 is 0 Å². The van der Waals surface area contributed by atoms with E-state index in [0.29, 0.717) is 18.9 Å². The first kappa shape index (κ1) is 14.1. The second-order valence-corrected chi connectivity index (χ2v) is 5.34. The molecule has 0 spiro atoms. The Labute approximate surface area is 115 Å². The van der Waals surface area contributed by atoms with Gasteiger partial charge in [-0.1, -0.05) is 31.2 Å². The first-order chi connectivity index (χ1) is 9.28. The van der Waals surface area contributed by atoms with Gasteiger partial charge in [0.25, 0.3) is 0 Å². The third-order valence-electron chi connectivity index (χ3n) is 3.86. The molecule has 2 N–H and O–H groups in total. The first-order valence-electron chi connectivity index (χ1n) is 7.33. The van der Waals surface area contributed by atoms with Gasteiger partial charge in [-0.15, -0.1) is 0 Å². The van der Waals surface area contributed by atoms with Crippen LogP contribution in [0.5, 0.6) is 0 Å². The third kappa shape index (κ3) is 4.67. The first-order valence-corrected chi connectivity index (χ1v) is 7.33. The van der Waals surface area contributed by atoms with Crippen LogP contribution in [0.3, 0.4) is 0 Å². The Hall–Kier alpha value is -1.35. The summed E-state index contributed by atoms with van der Waals surface area (Å²) in [4.78, 5) is 11.8. The molecule has 0 saturated carbocycles. The van der Waals surface area contributed by atoms with E-state index in [1.54, 1.807) is 0 Å². The molecule has 3 heteroatoms. The predicted molar refractivity (Wildman–Crippen MR) is 77.9 cm³/mol. The van der Waals surface area contributed by atoms with E-state index in [4.69, 9.17) is 0 Å². The summed E-state index contributed by atoms with van der Waals surface area (Å²) in [7, 11) is 0. The molecule has 1 unspecified atom stereocenters. The van der Waals surface area contributed by atoms with Crippen LogP contribution in [0.4, 0.5) is 0 Å². The number of hydrogen-bond donors (Lipinski definition) is 2. The molecular formula is C16H24N2O. The van der Waals surface area contributed by atoms with Crippen LogP contribution in [0.25, 0.3) is 0 Å². The van der Waals surface area contributed by atoms with E-state index in [1.165, 1.54) is 17.5 Å². The number of nitrogens with one attached hydrogen (secondary N) is 2. The van der Waals surface area contributed by atoms with Crippen LogP contribution in [0.15, 0.2) is 24.3 Å². The largest absolute Gasteiger partial charge is 0.352 e. The smallest absolute Gasteiger partial charge is 0.220 e. The zero-order chi connectivity index (χ0) is 13.5. The summed E-state index contributed by atoms with van der Waals surface area (Å²) >= 11 is 0. The highest BCUT2D eigenvalue weighted by molar-refractivity contribution is 5.75. The fourth-order valence-electron chi connectivity index (χ4n) is 2.48. The summed E-state index contributed by atoms with van der Waals surface area (Å²) in [6.07, 6.45) is 3.93. The molecule has 1 aliphatic rings. The molecule has 1 aromatic carbocycles. The van der Waals surface area contributed by atoms with Gasteiger partial charge < -0.3 is 10.6 Å². The zero-order valence-electron chi connectivity index (χ0n) is 11.7. The van der Waals surface area contributed by atoms with Crippen molar-refractivity contribution in [3.8, 4) is 0 Å². The maximum absolute atomic E-state index is 11.8. The van der Waals surface area contributed by atoms with E-state index in [-0.39, 0.29) is 5.91 Å². The highest BCUT2D eigenvalue weighted by Gasteiger charge is 2.15. The van der Waals surface area contributed by atoms with Crippen LogP contribution in [-0.4, -0.2) is 19.0 Å². The molecule has 104 valence electrons. The number of amides is 1. The van der Waals surface area contributed by atoms with Crippen molar-refractivity contribution in [1.29, 1.82) is 0 Å². The van der Waals surface area contributed by atoms with E-state index in [0.717, 1.165) is 25.9 Å². The molecule has 1 fully saturated rings. The number of hydrogen-bond acceptors (Lipinski definition) is 2. The van der Waals surface area contributed by atoms with Crippen LogP contribution in [0.1, 0.15) is 37.3 Å². The molecule has 1 atom stereocenters. The number of benzene rings is 1. The molecule has 3 nitrogen and oxygen atoms in total. The van der Waals surface area contributed by atoms with Gasteiger partial charge in [0.2, 0.25) is 5.91 Å². The molecule has 1 aliphatic heterocycles. The molecule has 1 amide bonds. The fourth-order valence-corrected chi connectivity index (χ4v) is 2.48. The Kier molecular flexibility index (Phi) is 5.40. The molecule has 0 aromatic heterocycles. The molecule has 2 rings (SSSR count). The minimum Gasteiger partial charge on any atom is -0.352 e. The van der Waals surface area contributed by atoms with Crippen molar-refractivity contribution in [3.05, 3.63) is 35.4 Å². The second-order valence-electron chi connectivity index (χ2n) is 5.34. The molecule has 0 bridgehead atoms. The third-order valence-corrected chi connectivity index (χ3v) is 3.86. The van der Waals surface area contributed by atoms with Gasteiger partial charge in [-0.25, -0.2) is 0 Å². The van der Waals surface area contributed by atoms with Crippen molar-refractivity contribution in [2.24, 2.45) is 5.92 Å². The lowest BCUT2D eigenvalue weighted by Gasteiger charge is -2.09. The fraction of sp³-hybridized carbons (Fsp3) is 0.562. The quantitative estimate of drug-likeness (QED) is 0.823. The van der Waals surface area contributed by atoms with E-state index >= 15 is 0 Å². The molecule has 1 heterocycles. The summed E-state index contributed by atoms with van der Waals surface area (Å²) < 4.78 is 0. The number of carbonyl (C=O) groups is 1. The van der Waals surface area contributed by atoms with Gasteiger partial charge in [0.05, 0.1) is 0 Å². The van der Waals surface area contributed by atoms with Crippen LogP contribution in [0, 0.1) is 5.92 Å². The number of carbonyl (C=O) groups excluding carboxylic acids is 1. The molecule has 0 radical (unpaired) electrons. The minimum absolute atomic E-state index is 0.173. The highest BCUT2D eigenvalue weighted by Crippen LogP contribution is 2.14. The SMILES string of the molecule is CCc1ccc(CNC(=O)CCC2CCNC2)cc1. The maximum atomic E-state index is 11.8. The van der Waals surface area contributed by atoms with Gasteiger partial charge in [-0.2, -0.15) is 0 Å². The van der Waals surface area contributed by atoms with Crippen molar-refractivity contribution < 1.29 is 4.79 Å². The normalized spacial score (nSPS) is 18.5. The lowest BCUT2D eigenvalue weighted by Crippen LogP contribution is -2.23. The van der Waals surface area contributed by atoms with Gasteiger partial charge in [0.15, 0.2) is 0 Å². The standard InChI is InChI=1S/C16H24N2O/c1-2-13-3-5-14(6-4-13)12-18-16(19)8-7-15-9-10-17-11-15/h3-6,15,17H,2,7-12H2,1H3,(H,18,19). The lowest BCUT2D eigenvalue weighted by atomic mass is 10.0. The van der Waals surface area contributed by atoms with Crippen molar-refractivity contribution in [2.75, 3.05) is 13.1 Å². The average Bonchev–Trinajstić information content (AvgIpc) is 2.96. The van der Waals surface area contributed by atoms with Crippen molar-refractivity contribution in [2.45, 2.75) is 39.2 Å². The van der Waals surface area contributed by atoms with Gasteiger partial charge in [-0.05, 0) is 49.4 Å². The van der Waals surface area contributed by atoms with Crippen molar-refractivity contribution in [3.63, 3.8) is 0 Å². The Balaban J connectivity index is 1.67. The van der Waals surface area contributed by atoms with Crippen molar-refractivity contribution >= 4 is 5.91 Å². The van der Waals surface area contributed by atoms with Crippen LogP contribution >= 0.6 is 0 Å². The monoisotopic (exact) mass is 260 g/mol. The summed E-state index contributed by atoms with van der Waals surface area (Å²) in [6, 6.07) is 8.46.